The molecule has 0 bridgehead atoms. The number of para-hydroxylation sites is 1. The van der Waals surface area contributed by atoms with E-state index in [1.165, 1.54) is 140 Å². The fourth-order valence-electron chi connectivity index (χ4n) is 15.0. The highest BCUT2D eigenvalue weighted by molar-refractivity contribution is 6.20. The van der Waals surface area contributed by atoms with E-state index in [0.717, 1.165) is 0 Å². The molecule has 0 aliphatic heterocycles. The highest BCUT2D eigenvalue weighted by atomic mass is 19.4. The second-order valence-corrected chi connectivity index (χ2v) is 25.7. The molecule has 0 spiro atoms. The Kier molecular flexibility index (Phi) is 15.5. The summed E-state index contributed by atoms with van der Waals surface area (Å²) < 4.78 is 190. The standard InChI is InChI=1S/C85H33F12N13/c86-82(87,88)54-26-51(27-55(31-54)83(89,90)91)79-74(107-67-4-2-1-3-58(67)63-15-43(34-98)8-13-68(63)107)22-49(40-104)23-75(79)108-69-14-9-44(35-99)16-64(69)65-33-62(53(42-106)30-73(65)108)66-17-48(39-103)21-78-81(66)61-12-7-47(38-102)20-72(61)110(78)77-25-50(41-105)24-76(80(77)52-28-56(84(92,93)94)32-57(29-52)85(95,96)97)109-70-18-45(36-100)5-10-59(70)60-11-6-46(37-101)19-71(60)109/h1-33H. The van der Waals surface area contributed by atoms with Crippen LogP contribution in [0.25, 0.3) is 143 Å². The Morgan fingerprint density at radius 1 is 0.227 bits per heavy atom. The summed E-state index contributed by atoms with van der Waals surface area (Å²) in [4.78, 5) is 0. The van der Waals surface area contributed by atoms with Gasteiger partial charge in [0.2, 0.25) is 0 Å². The molecule has 0 fully saturated rings. The number of hydrogen-bond acceptors (Lipinski definition) is 9. The summed E-state index contributed by atoms with van der Waals surface area (Å²) in [6.45, 7) is 0. The predicted octanol–water partition coefficient (Wildman–Crippen LogP) is 22.0. The molecule has 13 nitrogen and oxygen atoms in total. The van der Waals surface area contributed by atoms with Crippen LogP contribution < -0.4 is 0 Å². The minimum atomic E-state index is -5.46. The summed E-state index contributed by atoms with van der Waals surface area (Å²) in [6.07, 6.45) is -21.7. The average molecular weight is 1460 g/mol. The number of benzene rings is 12. The number of rotatable bonds is 7. The summed E-state index contributed by atoms with van der Waals surface area (Å²) in [7, 11) is 0. The molecule has 0 amide bonds. The topological polar surface area (TPSA) is 234 Å². The van der Waals surface area contributed by atoms with Crippen molar-refractivity contribution >= 4 is 87.2 Å². The van der Waals surface area contributed by atoms with Gasteiger partial charge in [0.05, 0.1) is 194 Å². The Hall–Kier alpha value is -15.6. The van der Waals surface area contributed by atoms with Gasteiger partial charge in [-0.05, 0) is 180 Å². The van der Waals surface area contributed by atoms with Crippen molar-refractivity contribution in [2.45, 2.75) is 24.7 Å². The van der Waals surface area contributed by atoms with E-state index in [9.17, 15) is 47.4 Å². The molecule has 0 aliphatic carbocycles. The van der Waals surface area contributed by atoms with E-state index in [2.05, 4.69) is 42.5 Å². The number of aromatic nitrogens is 4. The zero-order valence-corrected chi connectivity index (χ0v) is 55.4. The van der Waals surface area contributed by atoms with Crippen LogP contribution >= 0.6 is 0 Å². The largest absolute Gasteiger partial charge is 0.416 e. The summed E-state index contributed by atoms with van der Waals surface area (Å²) in [6, 6.07) is 59.3. The maximum atomic E-state index is 15.4. The molecular weight excluding hydrogens is 1430 g/mol. The first kappa shape index (κ1) is 68.8. The van der Waals surface area contributed by atoms with E-state index in [1.807, 2.05) is 12.1 Å². The van der Waals surface area contributed by atoms with Gasteiger partial charge < -0.3 is 18.3 Å². The summed E-state index contributed by atoms with van der Waals surface area (Å²) in [5.74, 6) is 0. The van der Waals surface area contributed by atoms with Crippen LogP contribution in [0, 0.1) is 102 Å². The second-order valence-electron chi connectivity index (χ2n) is 25.7. The van der Waals surface area contributed by atoms with Crippen LogP contribution in [-0.4, -0.2) is 18.3 Å². The predicted molar refractivity (Wildman–Crippen MR) is 383 cm³/mol. The van der Waals surface area contributed by atoms with E-state index in [0.29, 0.717) is 51.3 Å². The summed E-state index contributed by atoms with van der Waals surface area (Å²) >= 11 is 0. The molecule has 4 aromatic heterocycles. The van der Waals surface area contributed by atoms with Gasteiger partial charge in [-0.3, -0.25) is 0 Å². The first-order chi connectivity index (χ1) is 52.6. The molecule has 0 N–H and O–H groups in total. The van der Waals surface area contributed by atoms with Gasteiger partial charge in [0.1, 0.15) is 0 Å². The van der Waals surface area contributed by atoms with Crippen LogP contribution in [0.3, 0.4) is 0 Å². The van der Waals surface area contributed by atoms with Gasteiger partial charge in [0.25, 0.3) is 0 Å². The Morgan fingerprint density at radius 2 is 0.536 bits per heavy atom. The van der Waals surface area contributed by atoms with E-state index in [-0.39, 0.29) is 162 Å². The molecule has 0 unspecified atom stereocenters. The van der Waals surface area contributed by atoms with Crippen LogP contribution in [0.1, 0.15) is 72.3 Å². The van der Waals surface area contributed by atoms with Crippen molar-refractivity contribution in [3.63, 3.8) is 0 Å². The van der Waals surface area contributed by atoms with Gasteiger partial charge in [-0.1, -0.05) is 36.4 Å². The van der Waals surface area contributed by atoms with Crippen LogP contribution in [0.2, 0.25) is 0 Å². The number of nitrogens with zero attached hydrogens (tertiary/aromatic N) is 13. The molecule has 0 atom stereocenters. The van der Waals surface area contributed by atoms with Gasteiger partial charge in [-0.15, -0.1) is 0 Å². The smallest absolute Gasteiger partial charge is 0.308 e. The third kappa shape index (κ3) is 10.9. The maximum Gasteiger partial charge on any atom is 0.416 e. The number of fused-ring (bicyclic) bond motifs is 12. The molecule has 0 saturated heterocycles. The van der Waals surface area contributed by atoms with Crippen LogP contribution in [-0.2, 0) is 24.7 Å². The van der Waals surface area contributed by atoms with E-state index in [1.54, 1.807) is 42.5 Å². The molecule has 522 valence electrons. The fraction of sp³-hybridized carbons (Fsp3) is 0.0471. The minimum Gasteiger partial charge on any atom is -0.308 e. The molecule has 12 aromatic carbocycles. The van der Waals surface area contributed by atoms with Gasteiger partial charge in [0.15, 0.2) is 0 Å². The van der Waals surface area contributed by atoms with E-state index < -0.39 is 63.6 Å². The minimum absolute atomic E-state index is 0.000542. The molecule has 25 heteroatoms. The van der Waals surface area contributed by atoms with Gasteiger partial charge in [0, 0.05) is 59.8 Å². The first-order valence-electron chi connectivity index (χ1n) is 32.6. The number of hydrogen-bond donors (Lipinski definition) is 0. The van der Waals surface area contributed by atoms with E-state index >= 15 is 52.7 Å². The number of nitriles is 9. The lowest BCUT2D eigenvalue weighted by Gasteiger charge is -2.23. The summed E-state index contributed by atoms with van der Waals surface area (Å²) in [5, 5.41) is 99.4. The lowest BCUT2D eigenvalue weighted by Crippen LogP contribution is -2.12. The molecule has 0 aliphatic rings. The molecule has 16 aromatic rings. The lowest BCUT2D eigenvalue weighted by atomic mass is 9.92. The molecular formula is C85H33F12N13. The van der Waals surface area contributed by atoms with Crippen molar-refractivity contribution in [1.29, 1.82) is 47.4 Å². The Balaban J connectivity index is 1.06. The molecule has 110 heavy (non-hydrogen) atoms. The first-order valence-corrected chi connectivity index (χ1v) is 32.6. The molecule has 0 radical (unpaired) electrons. The van der Waals surface area contributed by atoms with Crippen LogP contribution in [0.5, 0.6) is 0 Å². The average Bonchev–Trinajstić information content (AvgIpc) is 1.52. The zero-order valence-electron chi connectivity index (χ0n) is 55.4. The molecule has 0 saturated carbocycles. The van der Waals surface area contributed by atoms with Gasteiger partial charge in [-0.2, -0.15) is 100 Å². The Bertz CT molecular complexity index is 7160. The van der Waals surface area contributed by atoms with Crippen LogP contribution in [0.15, 0.2) is 200 Å². The number of halogens is 12. The van der Waals surface area contributed by atoms with Crippen molar-refractivity contribution in [3.8, 4) is 111 Å². The van der Waals surface area contributed by atoms with E-state index in [4.69, 9.17) is 0 Å². The SMILES string of the molecule is N#Cc1cc(-n2c3ccccc3c3cc(C#N)ccc32)c(-c2cc(C(F)(F)F)cc(C(F)(F)F)c2)c(-n2c3ccc(C#N)cc3c3cc(-c4cc(C#N)cc5c4c4ccc(C#N)cc4n5-c4cc(C#N)cc(-n5c6cc(C#N)ccc6c6ccc(C#N)cc65)c4-c4cc(C(F)(F)F)cc(C(F)(F)F)c4)c(C#N)cc32)c1. The van der Waals surface area contributed by atoms with Crippen molar-refractivity contribution < 1.29 is 52.7 Å². The normalized spacial score (nSPS) is 11.9. The third-order valence-corrected chi connectivity index (χ3v) is 19.6. The highest BCUT2D eigenvalue weighted by Crippen LogP contribution is 2.52. The highest BCUT2D eigenvalue weighted by Gasteiger charge is 2.41. The van der Waals surface area contributed by atoms with Gasteiger partial charge in [-0.25, -0.2) is 0 Å². The third-order valence-electron chi connectivity index (χ3n) is 19.6. The van der Waals surface area contributed by atoms with Crippen molar-refractivity contribution in [2.75, 3.05) is 0 Å². The summed E-state index contributed by atoms with van der Waals surface area (Å²) in [5.41, 5.74) is -10.2. The van der Waals surface area contributed by atoms with Gasteiger partial charge >= 0.3 is 24.7 Å². The quantitative estimate of drug-likeness (QED) is 0.138. The molecule has 4 heterocycles. The molecule has 16 rings (SSSR count). The van der Waals surface area contributed by atoms with Crippen molar-refractivity contribution in [1.82, 2.24) is 18.3 Å². The second kappa shape index (κ2) is 24.8. The number of alkyl halides is 12. The zero-order chi connectivity index (χ0) is 77.5. The lowest BCUT2D eigenvalue weighted by molar-refractivity contribution is -0.144. The van der Waals surface area contributed by atoms with Crippen molar-refractivity contribution in [2.24, 2.45) is 0 Å². The Labute approximate surface area is 610 Å². The maximum absolute atomic E-state index is 15.4. The monoisotopic (exact) mass is 1460 g/mol. The van der Waals surface area contributed by atoms with Crippen LogP contribution in [0.4, 0.5) is 52.7 Å². The Morgan fingerprint density at radius 3 is 0.955 bits per heavy atom. The fourth-order valence-corrected chi connectivity index (χ4v) is 15.0. The van der Waals surface area contributed by atoms with Crippen molar-refractivity contribution in [3.05, 3.63) is 273 Å².